The van der Waals surface area contributed by atoms with Crippen molar-refractivity contribution in [3.8, 4) is 0 Å². The Kier molecular flexibility index (Phi) is 6.59. The molecule has 3 aromatic rings. The predicted octanol–water partition coefficient (Wildman–Crippen LogP) is 2.91. The van der Waals surface area contributed by atoms with E-state index in [-0.39, 0.29) is 11.5 Å². The van der Waals surface area contributed by atoms with Gasteiger partial charge in [0.2, 0.25) is 5.91 Å². The number of fused-ring (bicyclic) bond motifs is 1. The zero-order chi connectivity index (χ0) is 20.1. The number of hydrogen-bond acceptors (Lipinski definition) is 5. The molecule has 0 aliphatic rings. The van der Waals surface area contributed by atoms with E-state index in [1.165, 1.54) is 11.3 Å². The first-order valence-corrected chi connectivity index (χ1v) is 10.3. The highest BCUT2D eigenvalue weighted by atomic mass is 32.1. The summed E-state index contributed by atoms with van der Waals surface area (Å²) >= 11 is 1.52. The van der Waals surface area contributed by atoms with Crippen LogP contribution in [-0.4, -0.2) is 33.9 Å². The fourth-order valence-corrected chi connectivity index (χ4v) is 4.23. The Hall–Kier alpha value is -2.51. The van der Waals surface area contributed by atoms with Crippen molar-refractivity contribution in [1.29, 1.82) is 0 Å². The molecule has 1 amide bonds. The number of nitrogens with two attached hydrogens (primary N) is 1. The van der Waals surface area contributed by atoms with Crippen LogP contribution in [0.25, 0.3) is 10.2 Å². The van der Waals surface area contributed by atoms with E-state index in [0.717, 1.165) is 27.3 Å². The Morgan fingerprint density at radius 3 is 2.71 bits per heavy atom. The molecule has 3 N–H and O–H groups in total. The Balaban J connectivity index is 1.71. The molecule has 1 aromatic carbocycles. The monoisotopic (exact) mass is 398 g/mol. The second kappa shape index (κ2) is 9.12. The number of carbonyl (C=O) groups excluding carboxylic acids is 1. The van der Waals surface area contributed by atoms with E-state index in [1.54, 1.807) is 0 Å². The van der Waals surface area contributed by atoms with Gasteiger partial charge in [-0.25, -0.2) is 4.98 Å². The molecule has 0 bridgehead atoms. The van der Waals surface area contributed by atoms with Gasteiger partial charge in [0.1, 0.15) is 10.7 Å². The van der Waals surface area contributed by atoms with Gasteiger partial charge in [-0.1, -0.05) is 30.3 Å². The summed E-state index contributed by atoms with van der Waals surface area (Å²) in [6.07, 6.45) is 1.47. The van der Waals surface area contributed by atoms with Crippen LogP contribution >= 0.6 is 11.3 Å². The maximum Gasteiger partial charge on any atom is 0.259 e. The molecule has 148 valence electrons. The predicted molar refractivity (Wildman–Crippen MR) is 114 cm³/mol. The summed E-state index contributed by atoms with van der Waals surface area (Å²) in [6, 6.07) is 9.92. The summed E-state index contributed by atoms with van der Waals surface area (Å²) in [4.78, 5) is 36.3. The van der Waals surface area contributed by atoms with Gasteiger partial charge in [0.25, 0.3) is 5.56 Å². The second-order valence-electron chi connectivity index (χ2n) is 6.92. The Labute approximate surface area is 168 Å². The van der Waals surface area contributed by atoms with Crippen molar-refractivity contribution in [3.05, 3.63) is 62.5 Å². The second-order valence-corrected chi connectivity index (χ2v) is 8.12. The number of hydrogen-bond donors (Lipinski definition) is 2. The number of benzene rings is 1. The third-order valence-electron chi connectivity index (χ3n) is 4.86. The minimum absolute atomic E-state index is 0.0404. The van der Waals surface area contributed by atoms with Crippen molar-refractivity contribution in [2.75, 3.05) is 13.1 Å². The Bertz CT molecular complexity index is 1010. The van der Waals surface area contributed by atoms with Gasteiger partial charge in [-0.2, -0.15) is 0 Å². The van der Waals surface area contributed by atoms with Crippen molar-refractivity contribution in [2.24, 2.45) is 5.73 Å². The number of amides is 1. The lowest BCUT2D eigenvalue weighted by Crippen LogP contribution is -2.33. The van der Waals surface area contributed by atoms with Crippen LogP contribution in [0.15, 0.2) is 35.1 Å². The first kappa shape index (κ1) is 20.2. The molecule has 0 atom stereocenters. The first-order chi connectivity index (χ1) is 13.5. The van der Waals surface area contributed by atoms with Gasteiger partial charge in [-0.3, -0.25) is 9.59 Å². The van der Waals surface area contributed by atoms with E-state index in [4.69, 9.17) is 5.73 Å². The number of H-pyrrole nitrogens is 1. The molecular formula is C21H26N4O2S. The van der Waals surface area contributed by atoms with Gasteiger partial charge in [-0.15, -0.1) is 11.3 Å². The molecule has 7 heteroatoms. The summed E-state index contributed by atoms with van der Waals surface area (Å²) in [7, 11) is 0. The summed E-state index contributed by atoms with van der Waals surface area (Å²) in [5.41, 5.74) is 7.57. The molecule has 6 nitrogen and oxygen atoms in total. The number of rotatable bonds is 8. The summed E-state index contributed by atoms with van der Waals surface area (Å²) in [5.74, 6) is 0.601. The number of nitrogens with zero attached hydrogens (tertiary/aromatic N) is 2. The molecule has 0 aliphatic carbocycles. The minimum atomic E-state index is -0.126. The van der Waals surface area contributed by atoms with E-state index in [9.17, 15) is 9.59 Å². The Morgan fingerprint density at radius 1 is 1.25 bits per heavy atom. The van der Waals surface area contributed by atoms with E-state index < -0.39 is 0 Å². The molecule has 0 aliphatic heterocycles. The fraction of sp³-hybridized carbons (Fsp3) is 0.381. The number of aromatic nitrogens is 2. The zero-order valence-corrected chi connectivity index (χ0v) is 17.1. The first-order valence-electron chi connectivity index (χ1n) is 9.50. The quantitative estimate of drug-likeness (QED) is 0.610. The van der Waals surface area contributed by atoms with Crippen LogP contribution in [0.1, 0.15) is 34.7 Å². The summed E-state index contributed by atoms with van der Waals surface area (Å²) in [5, 5.41) is 0.659. The third-order valence-corrected chi connectivity index (χ3v) is 5.97. The standard InChI is InChI=1S/C21H26N4O2S/c1-14-15(2)28-21-19(14)20(27)23-17(24-21)9-10-18(26)25(12-6-11-22)13-16-7-4-3-5-8-16/h3-5,7-8H,6,9-13,22H2,1-2H3,(H,23,24,27). The number of aryl methyl sites for hydroxylation is 3. The molecule has 28 heavy (non-hydrogen) atoms. The molecule has 2 heterocycles. The normalized spacial score (nSPS) is 11.1. The van der Waals surface area contributed by atoms with Crippen LogP contribution in [0.3, 0.4) is 0 Å². The molecule has 2 aromatic heterocycles. The lowest BCUT2D eigenvalue weighted by molar-refractivity contribution is -0.131. The van der Waals surface area contributed by atoms with E-state index >= 15 is 0 Å². The highest BCUT2D eigenvalue weighted by molar-refractivity contribution is 7.18. The van der Waals surface area contributed by atoms with Crippen molar-refractivity contribution >= 4 is 27.5 Å². The average molecular weight is 399 g/mol. The van der Waals surface area contributed by atoms with Gasteiger partial charge in [0.15, 0.2) is 0 Å². The highest BCUT2D eigenvalue weighted by Gasteiger charge is 2.16. The molecule has 0 saturated carbocycles. The van der Waals surface area contributed by atoms with E-state index in [2.05, 4.69) is 9.97 Å². The molecular weight excluding hydrogens is 372 g/mol. The van der Waals surface area contributed by atoms with Gasteiger partial charge in [0, 0.05) is 30.8 Å². The van der Waals surface area contributed by atoms with Gasteiger partial charge in [-0.05, 0) is 37.9 Å². The van der Waals surface area contributed by atoms with Crippen molar-refractivity contribution < 1.29 is 4.79 Å². The van der Waals surface area contributed by atoms with Crippen molar-refractivity contribution in [3.63, 3.8) is 0 Å². The highest BCUT2D eigenvalue weighted by Crippen LogP contribution is 2.25. The lowest BCUT2D eigenvalue weighted by atomic mass is 10.2. The molecule has 0 spiro atoms. The summed E-state index contributed by atoms with van der Waals surface area (Å²) in [6.45, 7) is 5.65. The van der Waals surface area contributed by atoms with Crippen molar-refractivity contribution in [1.82, 2.24) is 14.9 Å². The zero-order valence-electron chi connectivity index (χ0n) is 16.3. The topological polar surface area (TPSA) is 92.1 Å². The number of thiophene rings is 1. The van der Waals surface area contributed by atoms with Crippen LogP contribution in [0.4, 0.5) is 0 Å². The van der Waals surface area contributed by atoms with Gasteiger partial charge in [0.05, 0.1) is 5.39 Å². The number of aromatic amines is 1. The minimum Gasteiger partial charge on any atom is -0.338 e. The number of carbonyl (C=O) groups is 1. The smallest absolute Gasteiger partial charge is 0.259 e. The van der Waals surface area contributed by atoms with Crippen LogP contribution < -0.4 is 11.3 Å². The van der Waals surface area contributed by atoms with E-state index in [0.29, 0.717) is 43.7 Å². The third kappa shape index (κ3) is 4.66. The maximum atomic E-state index is 12.8. The van der Waals surface area contributed by atoms with Crippen LogP contribution in [0.5, 0.6) is 0 Å². The SMILES string of the molecule is Cc1sc2nc(CCC(=O)N(CCCN)Cc3ccccc3)[nH]c(=O)c2c1C. The summed E-state index contributed by atoms with van der Waals surface area (Å²) < 4.78 is 0. The van der Waals surface area contributed by atoms with Crippen molar-refractivity contribution in [2.45, 2.75) is 39.7 Å². The average Bonchev–Trinajstić information content (AvgIpc) is 2.98. The molecule has 0 fully saturated rings. The lowest BCUT2D eigenvalue weighted by Gasteiger charge is -2.22. The number of nitrogens with one attached hydrogen (secondary N) is 1. The van der Waals surface area contributed by atoms with Crippen LogP contribution in [-0.2, 0) is 17.8 Å². The Morgan fingerprint density at radius 2 is 2.00 bits per heavy atom. The largest absolute Gasteiger partial charge is 0.338 e. The molecule has 0 saturated heterocycles. The fourth-order valence-electron chi connectivity index (χ4n) is 3.18. The maximum absolute atomic E-state index is 12.8. The molecule has 3 rings (SSSR count). The molecule has 0 radical (unpaired) electrons. The molecule has 0 unspecified atom stereocenters. The van der Waals surface area contributed by atoms with Crippen LogP contribution in [0, 0.1) is 13.8 Å². The van der Waals surface area contributed by atoms with E-state index in [1.807, 2.05) is 49.1 Å². The van der Waals surface area contributed by atoms with Crippen LogP contribution in [0.2, 0.25) is 0 Å². The van der Waals surface area contributed by atoms with Gasteiger partial charge >= 0.3 is 0 Å². The van der Waals surface area contributed by atoms with Gasteiger partial charge < -0.3 is 15.6 Å².